The molecule has 0 amide bonds. The molecule has 4 nitrogen and oxygen atoms in total. The Morgan fingerprint density at radius 3 is 3.05 bits per heavy atom. The van der Waals surface area contributed by atoms with E-state index in [-0.39, 0.29) is 5.75 Å². The van der Waals surface area contributed by atoms with Crippen molar-refractivity contribution in [1.29, 1.82) is 0 Å². The maximum atomic E-state index is 9.40. The Labute approximate surface area is 112 Å². The van der Waals surface area contributed by atoms with Gasteiger partial charge in [-0.2, -0.15) is 0 Å². The van der Waals surface area contributed by atoms with Gasteiger partial charge in [-0.25, -0.2) is 0 Å². The first-order valence-electron chi connectivity index (χ1n) is 6.44. The predicted molar refractivity (Wildman–Crippen MR) is 70.6 cm³/mol. The van der Waals surface area contributed by atoms with Crippen LogP contribution >= 0.6 is 0 Å². The molecule has 1 saturated carbocycles. The van der Waals surface area contributed by atoms with E-state index >= 15 is 0 Å². The van der Waals surface area contributed by atoms with Gasteiger partial charge in [0.1, 0.15) is 5.75 Å². The van der Waals surface area contributed by atoms with Gasteiger partial charge in [-0.1, -0.05) is 6.07 Å². The number of pyridine rings is 2. The van der Waals surface area contributed by atoms with Gasteiger partial charge < -0.3 is 9.84 Å². The lowest BCUT2D eigenvalue weighted by Gasteiger charge is -2.03. The molecule has 0 aliphatic heterocycles. The quantitative estimate of drug-likeness (QED) is 0.893. The second-order valence-electron chi connectivity index (χ2n) is 4.91. The molecule has 1 fully saturated rings. The smallest absolute Gasteiger partial charge is 0.134 e. The molecule has 0 radical (unpaired) electrons. The summed E-state index contributed by atoms with van der Waals surface area (Å²) in [4.78, 5) is 8.22. The molecule has 2 aromatic heterocycles. The highest BCUT2D eigenvalue weighted by Crippen LogP contribution is 2.47. The zero-order valence-corrected chi connectivity index (χ0v) is 10.6. The lowest BCUT2D eigenvalue weighted by atomic mass is 10.1. The lowest BCUT2D eigenvalue weighted by molar-refractivity contribution is 0.107. The fraction of sp³-hybridized carbons (Fsp3) is 0.333. The van der Waals surface area contributed by atoms with Crippen LogP contribution in [-0.2, 0) is 11.3 Å². The van der Waals surface area contributed by atoms with Crippen LogP contribution in [0, 0.1) is 5.92 Å². The van der Waals surface area contributed by atoms with Crippen LogP contribution in [0.3, 0.4) is 0 Å². The van der Waals surface area contributed by atoms with Crippen molar-refractivity contribution in [3.8, 4) is 5.75 Å². The van der Waals surface area contributed by atoms with Gasteiger partial charge in [-0.3, -0.25) is 9.97 Å². The third kappa shape index (κ3) is 3.09. The van der Waals surface area contributed by atoms with Crippen LogP contribution in [0.1, 0.15) is 23.6 Å². The first kappa shape index (κ1) is 12.1. The summed E-state index contributed by atoms with van der Waals surface area (Å²) in [7, 11) is 0. The molecule has 4 heteroatoms. The molecular formula is C15H16N2O2. The number of nitrogens with zero attached hydrogens (tertiary/aromatic N) is 2. The van der Waals surface area contributed by atoms with E-state index in [2.05, 4.69) is 9.97 Å². The van der Waals surface area contributed by atoms with Crippen LogP contribution < -0.4 is 0 Å². The first-order chi connectivity index (χ1) is 9.33. The van der Waals surface area contributed by atoms with E-state index in [4.69, 9.17) is 4.74 Å². The highest BCUT2D eigenvalue weighted by Gasteiger charge is 2.38. The normalized spacial score (nSPS) is 21.3. The van der Waals surface area contributed by atoms with Gasteiger partial charge in [0.2, 0.25) is 0 Å². The highest BCUT2D eigenvalue weighted by atomic mass is 16.5. The maximum Gasteiger partial charge on any atom is 0.134 e. The van der Waals surface area contributed by atoms with Gasteiger partial charge in [0.15, 0.2) is 0 Å². The molecule has 0 unspecified atom stereocenters. The topological polar surface area (TPSA) is 55.2 Å². The van der Waals surface area contributed by atoms with E-state index < -0.39 is 0 Å². The summed E-state index contributed by atoms with van der Waals surface area (Å²) in [5.74, 6) is 1.24. The standard InChI is InChI=1S/C15H16N2O2/c18-14-5-11(7-16-8-14)15-6-12(15)9-19-10-13-3-1-2-4-17-13/h1-5,7-8,12,15,18H,6,9-10H2/t12-,15-/m1/s1. The van der Waals surface area contributed by atoms with E-state index in [1.54, 1.807) is 12.3 Å². The second kappa shape index (κ2) is 5.36. The molecule has 0 bridgehead atoms. The Morgan fingerprint density at radius 1 is 1.32 bits per heavy atom. The molecule has 0 spiro atoms. The summed E-state index contributed by atoms with van der Waals surface area (Å²) in [6, 6.07) is 7.61. The van der Waals surface area contributed by atoms with E-state index in [1.165, 1.54) is 6.20 Å². The van der Waals surface area contributed by atoms with Gasteiger partial charge in [0.25, 0.3) is 0 Å². The van der Waals surface area contributed by atoms with E-state index in [0.717, 1.165) is 24.3 Å². The number of aromatic hydroxyl groups is 1. The molecule has 1 N–H and O–H groups in total. The summed E-state index contributed by atoms with van der Waals surface area (Å²) in [6.07, 6.45) is 6.16. The molecule has 19 heavy (non-hydrogen) atoms. The van der Waals surface area contributed by atoms with Crippen molar-refractivity contribution in [1.82, 2.24) is 9.97 Å². The first-order valence-corrected chi connectivity index (χ1v) is 6.44. The molecule has 0 aromatic carbocycles. The van der Waals surface area contributed by atoms with Crippen molar-refractivity contribution in [3.05, 3.63) is 54.1 Å². The van der Waals surface area contributed by atoms with Crippen LogP contribution in [-0.4, -0.2) is 21.7 Å². The average Bonchev–Trinajstić information content (AvgIpc) is 3.20. The molecule has 1 aliphatic carbocycles. The number of aromatic nitrogens is 2. The van der Waals surface area contributed by atoms with Crippen LogP contribution in [0.4, 0.5) is 0 Å². The van der Waals surface area contributed by atoms with Crippen molar-refractivity contribution in [2.75, 3.05) is 6.61 Å². The fourth-order valence-electron chi connectivity index (χ4n) is 2.29. The van der Waals surface area contributed by atoms with Crippen LogP contribution in [0.15, 0.2) is 42.9 Å². The van der Waals surface area contributed by atoms with Gasteiger partial charge >= 0.3 is 0 Å². The Hall–Kier alpha value is -1.94. The lowest BCUT2D eigenvalue weighted by Crippen LogP contribution is -2.00. The zero-order chi connectivity index (χ0) is 13.1. The van der Waals surface area contributed by atoms with Gasteiger partial charge in [0, 0.05) is 12.4 Å². The third-order valence-electron chi connectivity index (χ3n) is 3.40. The monoisotopic (exact) mass is 256 g/mol. The number of ether oxygens (including phenoxy) is 1. The van der Waals surface area contributed by atoms with Crippen molar-refractivity contribution in [2.24, 2.45) is 5.92 Å². The molecule has 2 heterocycles. The molecule has 2 atom stereocenters. The van der Waals surface area contributed by atoms with Gasteiger partial charge in [0.05, 0.1) is 25.1 Å². The van der Waals surface area contributed by atoms with Crippen LogP contribution in [0.5, 0.6) is 5.75 Å². The summed E-state index contributed by atoms with van der Waals surface area (Å²) < 4.78 is 5.68. The molecule has 0 saturated heterocycles. The van der Waals surface area contributed by atoms with Crippen molar-refractivity contribution < 1.29 is 9.84 Å². The minimum atomic E-state index is 0.234. The SMILES string of the molecule is Oc1cncc([C@H]2C[C@@H]2COCc2ccccn2)c1. The van der Waals surface area contributed by atoms with Crippen LogP contribution in [0.25, 0.3) is 0 Å². The molecule has 3 rings (SSSR count). The second-order valence-corrected chi connectivity index (χ2v) is 4.91. The highest BCUT2D eigenvalue weighted by molar-refractivity contribution is 5.29. The Morgan fingerprint density at radius 2 is 2.26 bits per heavy atom. The summed E-state index contributed by atoms with van der Waals surface area (Å²) >= 11 is 0. The number of hydrogen-bond acceptors (Lipinski definition) is 4. The Balaban J connectivity index is 1.46. The molecule has 98 valence electrons. The fourth-order valence-corrected chi connectivity index (χ4v) is 2.29. The van der Waals surface area contributed by atoms with Crippen molar-refractivity contribution in [2.45, 2.75) is 18.9 Å². The Kier molecular flexibility index (Phi) is 3.42. The zero-order valence-electron chi connectivity index (χ0n) is 10.6. The minimum Gasteiger partial charge on any atom is -0.506 e. The van der Waals surface area contributed by atoms with Gasteiger partial charge in [-0.15, -0.1) is 0 Å². The molecule has 1 aliphatic rings. The molecule has 2 aromatic rings. The predicted octanol–water partition coefficient (Wildman–Crippen LogP) is 2.50. The van der Waals surface area contributed by atoms with E-state index in [0.29, 0.717) is 18.4 Å². The Bertz CT molecular complexity index is 545. The average molecular weight is 256 g/mol. The largest absolute Gasteiger partial charge is 0.506 e. The van der Waals surface area contributed by atoms with Gasteiger partial charge in [-0.05, 0) is 42.0 Å². The summed E-state index contributed by atoms with van der Waals surface area (Å²) in [5, 5.41) is 9.40. The maximum absolute atomic E-state index is 9.40. The molecular weight excluding hydrogens is 240 g/mol. The van der Waals surface area contributed by atoms with Crippen molar-refractivity contribution in [3.63, 3.8) is 0 Å². The number of hydrogen-bond donors (Lipinski definition) is 1. The van der Waals surface area contributed by atoms with E-state index in [1.807, 2.05) is 24.4 Å². The summed E-state index contributed by atoms with van der Waals surface area (Å²) in [6.45, 7) is 1.29. The minimum absolute atomic E-state index is 0.234. The van der Waals surface area contributed by atoms with E-state index in [9.17, 15) is 5.11 Å². The number of rotatable bonds is 5. The summed E-state index contributed by atoms with van der Waals surface area (Å²) in [5.41, 5.74) is 2.06. The van der Waals surface area contributed by atoms with Crippen molar-refractivity contribution >= 4 is 0 Å². The van der Waals surface area contributed by atoms with Crippen LogP contribution in [0.2, 0.25) is 0 Å². The third-order valence-corrected chi connectivity index (χ3v) is 3.40.